The third-order valence-corrected chi connectivity index (χ3v) is 4.39. The van der Waals surface area contributed by atoms with Crippen molar-refractivity contribution < 1.29 is 27.1 Å². The largest absolute Gasteiger partial charge is 0.446 e. The minimum absolute atomic E-state index is 0.115. The van der Waals surface area contributed by atoms with E-state index < -0.39 is 35.8 Å². The number of nitrogens with one attached hydrogen (secondary N) is 1. The van der Waals surface area contributed by atoms with Gasteiger partial charge in [-0.05, 0) is 23.4 Å². The van der Waals surface area contributed by atoms with Crippen LogP contribution in [0, 0.1) is 0 Å². The van der Waals surface area contributed by atoms with Gasteiger partial charge in [-0.3, -0.25) is 4.90 Å². The van der Waals surface area contributed by atoms with Crippen molar-refractivity contribution in [1.29, 1.82) is 0 Å². The van der Waals surface area contributed by atoms with E-state index >= 15 is 0 Å². The molecular weight excluding hydrogens is 339 g/mol. The average molecular weight is 356 g/mol. The lowest BCUT2D eigenvalue weighted by atomic mass is 9.98. The van der Waals surface area contributed by atoms with E-state index in [4.69, 9.17) is 5.11 Å². The molecule has 1 fully saturated rings. The molecule has 0 radical (unpaired) electrons. The number of aliphatic hydroxyl groups is 1. The normalized spacial score (nSPS) is 18.9. The third kappa shape index (κ3) is 4.79. The predicted octanol–water partition coefficient (Wildman–Crippen LogP) is 2.87. The molecule has 0 spiro atoms. The Morgan fingerprint density at radius 1 is 1.13 bits per heavy atom. The van der Waals surface area contributed by atoms with Crippen molar-refractivity contribution in [2.45, 2.75) is 22.4 Å². The summed E-state index contributed by atoms with van der Waals surface area (Å²) in [5.41, 5.74) is -4.69. The zero-order valence-electron chi connectivity index (χ0n) is 12.1. The van der Waals surface area contributed by atoms with Crippen LogP contribution in [0.1, 0.15) is 11.6 Å². The molecule has 1 aliphatic heterocycles. The van der Waals surface area contributed by atoms with E-state index in [9.17, 15) is 22.0 Å². The highest BCUT2D eigenvalue weighted by atomic mass is 32.2. The van der Waals surface area contributed by atoms with Gasteiger partial charge in [-0.15, -0.1) is 0 Å². The number of hydrogen-bond donors (Lipinski definition) is 2. The smallest absolute Gasteiger partial charge is 0.390 e. The molecule has 0 aliphatic carbocycles. The number of nitrogens with zero attached hydrogens (tertiary/aromatic N) is 1. The van der Waals surface area contributed by atoms with Crippen molar-refractivity contribution >= 4 is 11.8 Å². The standard InChI is InChI=1S/C14H17F5N2OS/c15-13(16,9-22)12(21-7-5-20-6-8-21)10-3-1-2-4-11(10)23-14(17,18)19/h1-4,12,20,22H,5-9H2/t12-/m1/s1. The van der Waals surface area contributed by atoms with Crippen molar-refractivity contribution in [2.75, 3.05) is 32.8 Å². The molecule has 9 heteroatoms. The summed E-state index contributed by atoms with van der Waals surface area (Å²) in [7, 11) is 0. The summed E-state index contributed by atoms with van der Waals surface area (Å²) in [4.78, 5) is 1.15. The molecule has 1 saturated heterocycles. The molecule has 2 rings (SSSR count). The first-order chi connectivity index (χ1) is 10.7. The first-order valence-corrected chi connectivity index (χ1v) is 7.84. The maximum absolute atomic E-state index is 14.3. The van der Waals surface area contributed by atoms with Gasteiger partial charge < -0.3 is 10.4 Å². The Bertz CT molecular complexity index is 520. The maximum atomic E-state index is 14.3. The molecule has 23 heavy (non-hydrogen) atoms. The summed E-state index contributed by atoms with van der Waals surface area (Å²) in [5.74, 6) is -3.54. The molecule has 1 atom stereocenters. The van der Waals surface area contributed by atoms with Gasteiger partial charge in [-0.1, -0.05) is 18.2 Å². The van der Waals surface area contributed by atoms with Crippen LogP contribution in [0.5, 0.6) is 0 Å². The van der Waals surface area contributed by atoms with Gasteiger partial charge in [-0.2, -0.15) is 13.2 Å². The van der Waals surface area contributed by atoms with Gasteiger partial charge in [0.05, 0.1) is 0 Å². The fourth-order valence-corrected chi connectivity index (χ4v) is 3.34. The molecule has 130 valence electrons. The van der Waals surface area contributed by atoms with Crippen molar-refractivity contribution in [3.8, 4) is 0 Å². The van der Waals surface area contributed by atoms with E-state index in [1.165, 1.54) is 29.2 Å². The second-order valence-electron chi connectivity index (χ2n) is 5.19. The Morgan fingerprint density at radius 3 is 2.30 bits per heavy atom. The van der Waals surface area contributed by atoms with Crippen LogP contribution in [-0.4, -0.2) is 54.2 Å². The van der Waals surface area contributed by atoms with E-state index in [0.29, 0.717) is 13.1 Å². The number of alkyl halides is 5. The molecule has 0 saturated carbocycles. The van der Waals surface area contributed by atoms with Crippen LogP contribution in [0.2, 0.25) is 0 Å². The lowest BCUT2D eigenvalue weighted by Crippen LogP contribution is -2.51. The van der Waals surface area contributed by atoms with Crippen LogP contribution in [-0.2, 0) is 0 Å². The SMILES string of the molecule is OCC(F)(F)[C@@H](c1ccccc1SC(F)(F)F)N1CCNCC1. The van der Waals surface area contributed by atoms with Crippen molar-refractivity contribution in [3.05, 3.63) is 29.8 Å². The Morgan fingerprint density at radius 2 is 1.74 bits per heavy atom. The topological polar surface area (TPSA) is 35.5 Å². The number of thioether (sulfide) groups is 1. The molecule has 1 aromatic carbocycles. The Balaban J connectivity index is 2.43. The monoisotopic (exact) mass is 356 g/mol. The minimum atomic E-state index is -4.57. The van der Waals surface area contributed by atoms with Gasteiger partial charge in [0.15, 0.2) is 0 Å². The van der Waals surface area contributed by atoms with E-state index in [1.807, 2.05) is 0 Å². The van der Waals surface area contributed by atoms with Crippen molar-refractivity contribution in [2.24, 2.45) is 0 Å². The molecule has 0 aromatic heterocycles. The number of rotatable bonds is 5. The molecule has 1 aromatic rings. The molecule has 0 bridgehead atoms. The number of aliphatic hydroxyl groups excluding tert-OH is 1. The number of halogens is 5. The number of hydrogen-bond acceptors (Lipinski definition) is 4. The summed E-state index contributed by atoms with van der Waals surface area (Å²) in [6, 6.07) is 3.66. The minimum Gasteiger partial charge on any atom is -0.390 e. The highest BCUT2D eigenvalue weighted by molar-refractivity contribution is 8.00. The Labute approximate surface area is 134 Å². The van der Waals surface area contributed by atoms with E-state index in [-0.39, 0.29) is 23.5 Å². The molecule has 0 unspecified atom stereocenters. The number of benzene rings is 1. The van der Waals surface area contributed by atoms with Gasteiger partial charge >= 0.3 is 5.51 Å². The Kier molecular flexibility index (Phi) is 5.88. The van der Waals surface area contributed by atoms with Crippen LogP contribution >= 0.6 is 11.8 Å². The lowest BCUT2D eigenvalue weighted by molar-refractivity contribution is -0.119. The van der Waals surface area contributed by atoms with Gasteiger partial charge in [-0.25, -0.2) is 8.78 Å². The van der Waals surface area contributed by atoms with Gasteiger partial charge in [0.25, 0.3) is 5.92 Å². The summed E-state index contributed by atoms with van der Waals surface area (Å²) >= 11 is -0.411. The fraction of sp³-hybridized carbons (Fsp3) is 0.571. The molecule has 2 N–H and O–H groups in total. The van der Waals surface area contributed by atoms with Gasteiger partial charge in [0, 0.05) is 31.1 Å². The summed E-state index contributed by atoms with van der Waals surface area (Å²) in [6.07, 6.45) is 0. The number of piperazine rings is 1. The average Bonchev–Trinajstić information content (AvgIpc) is 2.49. The Hall–Kier alpha value is -0.900. The van der Waals surface area contributed by atoms with Crippen molar-refractivity contribution in [1.82, 2.24) is 10.2 Å². The summed E-state index contributed by atoms with van der Waals surface area (Å²) < 4.78 is 66.7. The zero-order chi connectivity index (χ0) is 17.1. The van der Waals surface area contributed by atoms with E-state index in [0.717, 1.165) is 0 Å². The van der Waals surface area contributed by atoms with Crippen LogP contribution in [0.15, 0.2) is 29.2 Å². The molecular formula is C14H17F5N2OS. The second kappa shape index (κ2) is 7.33. The highest BCUT2D eigenvalue weighted by Gasteiger charge is 2.45. The molecule has 0 amide bonds. The van der Waals surface area contributed by atoms with Gasteiger partial charge in [0.2, 0.25) is 0 Å². The van der Waals surface area contributed by atoms with E-state index in [1.54, 1.807) is 0 Å². The van der Waals surface area contributed by atoms with E-state index in [2.05, 4.69) is 5.32 Å². The summed E-state index contributed by atoms with van der Waals surface area (Å²) in [5, 5.41) is 12.1. The first kappa shape index (κ1) is 18.4. The third-order valence-electron chi connectivity index (χ3n) is 3.57. The molecule has 1 heterocycles. The quantitative estimate of drug-likeness (QED) is 0.628. The second-order valence-corrected chi connectivity index (χ2v) is 6.30. The highest BCUT2D eigenvalue weighted by Crippen LogP contribution is 2.45. The molecule has 3 nitrogen and oxygen atoms in total. The fourth-order valence-electron chi connectivity index (χ4n) is 2.64. The summed E-state index contributed by atoms with van der Waals surface area (Å²) in [6.45, 7) is 0.0440. The lowest BCUT2D eigenvalue weighted by Gasteiger charge is -2.39. The van der Waals surface area contributed by atoms with Gasteiger partial charge in [0.1, 0.15) is 12.6 Å². The maximum Gasteiger partial charge on any atom is 0.446 e. The molecule has 1 aliphatic rings. The zero-order valence-corrected chi connectivity index (χ0v) is 12.9. The van der Waals surface area contributed by atoms with Crippen LogP contribution in [0.4, 0.5) is 22.0 Å². The van der Waals surface area contributed by atoms with Crippen molar-refractivity contribution in [3.63, 3.8) is 0 Å². The van der Waals surface area contributed by atoms with Crippen LogP contribution in [0.3, 0.4) is 0 Å². The van der Waals surface area contributed by atoms with Crippen LogP contribution < -0.4 is 5.32 Å². The van der Waals surface area contributed by atoms with Crippen LogP contribution in [0.25, 0.3) is 0 Å². The first-order valence-electron chi connectivity index (χ1n) is 7.03. The predicted molar refractivity (Wildman–Crippen MR) is 77.6 cm³/mol.